The molecule has 0 fully saturated rings. The van der Waals surface area contributed by atoms with Gasteiger partial charge in [0, 0.05) is 11.4 Å². The zero-order chi connectivity index (χ0) is 9.84. The van der Waals surface area contributed by atoms with Crippen molar-refractivity contribution in [1.29, 1.82) is 0 Å². The fraction of sp³-hybridized carbons (Fsp3) is 0.111. The number of hydrogen-bond donors (Lipinski definition) is 1. The van der Waals surface area contributed by atoms with Gasteiger partial charge >= 0.3 is 5.97 Å². The molecule has 0 amide bonds. The summed E-state index contributed by atoms with van der Waals surface area (Å²) in [5, 5.41) is 9.10. The Morgan fingerprint density at radius 3 is 2.62 bits per heavy atom. The van der Waals surface area contributed by atoms with Gasteiger partial charge in [0.05, 0.1) is 0 Å². The minimum atomic E-state index is -1.06. The first-order valence-corrected chi connectivity index (χ1v) is 4.39. The Balaban J connectivity index is 2.81. The van der Waals surface area contributed by atoms with E-state index in [1.165, 1.54) is 0 Å². The first-order valence-electron chi connectivity index (χ1n) is 3.61. The Hall–Kier alpha value is -0.930. The molecular weight excluding hydrogens is 208 g/mol. The summed E-state index contributed by atoms with van der Waals surface area (Å²) in [6.45, 7) is 0. The number of rotatable bonds is 3. The number of carboxylic acid groups (broad SMARTS) is 1. The Bertz CT molecular complexity index is 349. The predicted octanol–water partition coefficient (Wildman–Crippen LogP) is 2.34. The highest BCUT2D eigenvalue weighted by Crippen LogP contribution is 2.15. The largest absolute Gasteiger partial charge is 0.477 e. The van der Waals surface area contributed by atoms with Gasteiger partial charge in [-0.25, -0.2) is 4.79 Å². The molecule has 1 aromatic carbocycles. The van der Waals surface area contributed by atoms with Crippen LogP contribution in [0.5, 0.6) is 0 Å². The van der Waals surface area contributed by atoms with Crippen molar-refractivity contribution in [1.82, 2.24) is 0 Å². The Morgan fingerprint density at radius 1 is 1.46 bits per heavy atom. The molecule has 68 valence electrons. The number of hydrogen-bond acceptors (Lipinski definition) is 2. The van der Waals surface area contributed by atoms with Crippen molar-refractivity contribution >= 4 is 34.7 Å². The van der Waals surface area contributed by atoms with Gasteiger partial charge in [0.15, 0.2) is 0 Å². The van der Waals surface area contributed by atoms with Crippen LogP contribution in [-0.2, 0) is 11.2 Å². The Labute approximate surface area is 86.1 Å². The number of benzene rings is 1. The zero-order valence-corrected chi connectivity index (χ0v) is 8.23. The van der Waals surface area contributed by atoms with E-state index in [0.717, 1.165) is 5.56 Å². The summed E-state index contributed by atoms with van der Waals surface area (Å²) < 4.78 is 0. The van der Waals surface area contributed by atoms with E-state index in [-0.39, 0.29) is 11.3 Å². The lowest BCUT2D eigenvalue weighted by Gasteiger charge is -2.01. The van der Waals surface area contributed by atoms with Crippen LogP contribution in [0.2, 0.25) is 5.02 Å². The number of halogens is 1. The molecule has 0 radical (unpaired) electrons. The minimum absolute atomic E-state index is 0.0203. The maximum Gasteiger partial charge on any atom is 0.342 e. The third-order valence-electron chi connectivity index (χ3n) is 1.55. The SMILES string of the molecule is O=C(O)C(=S)Cc1ccccc1Cl. The molecule has 13 heavy (non-hydrogen) atoms. The van der Waals surface area contributed by atoms with E-state index < -0.39 is 5.97 Å². The molecule has 4 heteroatoms. The van der Waals surface area contributed by atoms with E-state index >= 15 is 0 Å². The second-order valence-corrected chi connectivity index (χ2v) is 3.40. The van der Waals surface area contributed by atoms with Crippen LogP contribution >= 0.6 is 23.8 Å². The van der Waals surface area contributed by atoms with Gasteiger partial charge in [-0.2, -0.15) is 0 Å². The topological polar surface area (TPSA) is 37.3 Å². The van der Waals surface area contributed by atoms with Gasteiger partial charge in [-0.05, 0) is 11.6 Å². The molecule has 0 saturated carbocycles. The smallest absolute Gasteiger partial charge is 0.342 e. The molecule has 0 aliphatic carbocycles. The van der Waals surface area contributed by atoms with Gasteiger partial charge in [-0.15, -0.1) is 0 Å². The molecule has 1 N–H and O–H groups in total. The van der Waals surface area contributed by atoms with Crippen LogP contribution < -0.4 is 0 Å². The predicted molar refractivity (Wildman–Crippen MR) is 55.4 cm³/mol. The van der Waals surface area contributed by atoms with Crippen LogP contribution in [-0.4, -0.2) is 15.9 Å². The molecule has 2 nitrogen and oxygen atoms in total. The highest BCUT2D eigenvalue weighted by Gasteiger charge is 2.08. The van der Waals surface area contributed by atoms with E-state index in [1.807, 2.05) is 0 Å². The quantitative estimate of drug-likeness (QED) is 0.785. The number of carbonyl (C=O) groups is 1. The lowest BCUT2D eigenvalue weighted by Crippen LogP contribution is -2.12. The van der Waals surface area contributed by atoms with E-state index in [0.29, 0.717) is 5.02 Å². The van der Waals surface area contributed by atoms with E-state index in [9.17, 15) is 4.79 Å². The first-order chi connectivity index (χ1) is 6.11. The van der Waals surface area contributed by atoms with Crippen molar-refractivity contribution in [3.8, 4) is 0 Å². The van der Waals surface area contributed by atoms with Crippen molar-refractivity contribution in [2.24, 2.45) is 0 Å². The van der Waals surface area contributed by atoms with Crippen LogP contribution in [0.15, 0.2) is 24.3 Å². The molecular formula is C9H7ClO2S. The molecule has 0 spiro atoms. The normalized spacial score (nSPS) is 9.62. The number of aliphatic carboxylic acids is 1. The monoisotopic (exact) mass is 214 g/mol. The summed E-state index contributed by atoms with van der Waals surface area (Å²) in [7, 11) is 0. The molecule has 0 aliphatic rings. The van der Waals surface area contributed by atoms with E-state index in [2.05, 4.69) is 12.2 Å². The summed E-state index contributed by atoms with van der Waals surface area (Å²) in [6, 6.07) is 7.06. The van der Waals surface area contributed by atoms with Crippen molar-refractivity contribution in [3.05, 3.63) is 34.9 Å². The van der Waals surface area contributed by atoms with Gasteiger partial charge in [0.25, 0.3) is 0 Å². The maximum absolute atomic E-state index is 10.4. The summed E-state index contributed by atoms with van der Waals surface area (Å²) in [5.74, 6) is -1.06. The zero-order valence-electron chi connectivity index (χ0n) is 6.66. The van der Waals surface area contributed by atoms with Crippen LogP contribution in [0.3, 0.4) is 0 Å². The molecule has 0 saturated heterocycles. The standard InChI is InChI=1S/C9H7ClO2S/c10-7-4-2-1-3-6(7)5-8(13)9(11)12/h1-4H,5H2,(H,11,12). The van der Waals surface area contributed by atoms with Crippen molar-refractivity contribution in [2.45, 2.75) is 6.42 Å². The highest BCUT2D eigenvalue weighted by molar-refractivity contribution is 7.82. The van der Waals surface area contributed by atoms with Crippen molar-refractivity contribution < 1.29 is 9.90 Å². The minimum Gasteiger partial charge on any atom is -0.477 e. The van der Waals surface area contributed by atoms with E-state index in [4.69, 9.17) is 16.7 Å². The maximum atomic E-state index is 10.4. The van der Waals surface area contributed by atoms with Gasteiger partial charge in [-0.3, -0.25) is 0 Å². The summed E-state index contributed by atoms with van der Waals surface area (Å²) >= 11 is 10.5. The van der Waals surface area contributed by atoms with Crippen LogP contribution in [0, 0.1) is 0 Å². The Morgan fingerprint density at radius 2 is 2.08 bits per heavy atom. The van der Waals surface area contributed by atoms with E-state index in [1.54, 1.807) is 24.3 Å². The number of thiocarbonyl (C=S) groups is 1. The second-order valence-electron chi connectivity index (χ2n) is 2.50. The third kappa shape index (κ3) is 2.79. The molecule has 1 rings (SSSR count). The molecule has 0 atom stereocenters. The molecule has 0 unspecified atom stereocenters. The fourth-order valence-electron chi connectivity index (χ4n) is 0.890. The average molecular weight is 215 g/mol. The molecule has 0 heterocycles. The summed E-state index contributed by atoms with van der Waals surface area (Å²) in [6.07, 6.45) is 0.213. The first kappa shape index (κ1) is 10.2. The summed E-state index contributed by atoms with van der Waals surface area (Å²) in [5.41, 5.74) is 0.747. The van der Waals surface area contributed by atoms with Gasteiger partial charge in [0.1, 0.15) is 4.86 Å². The highest BCUT2D eigenvalue weighted by atomic mass is 35.5. The molecule has 0 bridgehead atoms. The van der Waals surface area contributed by atoms with Crippen LogP contribution in [0.1, 0.15) is 5.56 Å². The summed E-state index contributed by atoms with van der Waals surface area (Å²) in [4.78, 5) is 10.4. The van der Waals surface area contributed by atoms with Gasteiger partial charge in [0.2, 0.25) is 0 Å². The van der Waals surface area contributed by atoms with Crippen molar-refractivity contribution in [3.63, 3.8) is 0 Å². The second kappa shape index (κ2) is 4.35. The average Bonchev–Trinajstić information content (AvgIpc) is 2.08. The third-order valence-corrected chi connectivity index (χ3v) is 2.24. The van der Waals surface area contributed by atoms with Crippen LogP contribution in [0.4, 0.5) is 0 Å². The van der Waals surface area contributed by atoms with Gasteiger partial charge < -0.3 is 5.11 Å². The molecule has 1 aromatic rings. The lowest BCUT2D eigenvalue weighted by atomic mass is 10.1. The Kier molecular flexibility index (Phi) is 3.39. The molecule has 0 aliphatic heterocycles. The van der Waals surface area contributed by atoms with Crippen molar-refractivity contribution in [2.75, 3.05) is 0 Å². The molecule has 0 aromatic heterocycles. The lowest BCUT2D eigenvalue weighted by molar-refractivity contribution is -0.129. The fourth-order valence-corrected chi connectivity index (χ4v) is 1.25. The van der Waals surface area contributed by atoms with Gasteiger partial charge in [-0.1, -0.05) is 42.0 Å². The van der Waals surface area contributed by atoms with Crippen LogP contribution in [0.25, 0.3) is 0 Å². The number of carboxylic acids is 1.